The zero-order valence-electron chi connectivity index (χ0n) is 16.0. The highest BCUT2D eigenvalue weighted by atomic mass is 16.4. The number of fused-ring (bicyclic) bond motifs is 1. The minimum Gasteiger partial charge on any atom is -0.394 e. The molecule has 3 N–H and O–H groups in total. The van der Waals surface area contributed by atoms with Gasteiger partial charge in [-0.2, -0.15) is 0 Å². The zero-order valence-corrected chi connectivity index (χ0v) is 16.0. The van der Waals surface area contributed by atoms with Gasteiger partial charge in [0, 0.05) is 5.41 Å². The first-order chi connectivity index (χ1) is 11.8. The zero-order chi connectivity index (χ0) is 18.3. The highest BCUT2D eigenvalue weighted by Crippen LogP contribution is 2.61. The molecule has 6 atom stereocenters. The Balaban J connectivity index is 1.89. The van der Waals surface area contributed by atoms with E-state index in [0.29, 0.717) is 30.1 Å². The number of hydrogen-bond donors (Lipinski definition) is 3. The third kappa shape index (κ3) is 2.93. The van der Waals surface area contributed by atoms with E-state index < -0.39 is 17.1 Å². The largest absolute Gasteiger partial charge is 0.394 e. The van der Waals surface area contributed by atoms with Gasteiger partial charge in [-0.15, -0.1) is 6.58 Å². The molecule has 142 valence electrons. The van der Waals surface area contributed by atoms with Crippen molar-refractivity contribution in [1.82, 2.24) is 0 Å². The van der Waals surface area contributed by atoms with Crippen LogP contribution in [0.15, 0.2) is 24.3 Å². The molecule has 3 aliphatic rings. The first kappa shape index (κ1) is 19.1. The van der Waals surface area contributed by atoms with Gasteiger partial charge in [0.2, 0.25) is 0 Å². The molecule has 0 aromatic rings. The summed E-state index contributed by atoms with van der Waals surface area (Å²) in [6, 6.07) is 0. The second kappa shape index (κ2) is 6.83. The van der Waals surface area contributed by atoms with Crippen LogP contribution in [0.25, 0.3) is 0 Å². The monoisotopic (exact) mass is 348 g/mol. The van der Waals surface area contributed by atoms with Gasteiger partial charge in [-0.25, -0.2) is 0 Å². The Morgan fingerprint density at radius 3 is 2.76 bits per heavy atom. The highest BCUT2D eigenvalue weighted by molar-refractivity contribution is 5.22. The van der Waals surface area contributed by atoms with Crippen molar-refractivity contribution < 1.29 is 15.3 Å². The Hall–Kier alpha value is -0.640. The summed E-state index contributed by atoms with van der Waals surface area (Å²) in [5, 5.41) is 31.2. The predicted molar refractivity (Wildman–Crippen MR) is 101 cm³/mol. The van der Waals surface area contributed by atoms with Crippen LogP contribution in [-0.4, -0.2) is 33.6 Å². The molecule has 0 spiro atoms. The van der Waals surface area contributed by atoms with Crippen molar-refractivity contribution in [3.63, 3.8) is 0 Å². The van der Waals surface area contributed by atoms with Crippen LogP contribution in [0.4, 0.5) is 0 Å². The van der Waals surface area contributed by atoms with Gasteiger partial charge in [0.25, 0.3) is 0 Å². The normalized spacial score (nSPS) is 45.6. The number of allylic oxidation sites excluding steroid dienone is 3. The Morgan fingerprint density at radius 1 is 1.32 bits per heavy atom. The molecule has 2 unspecified atom stereocenters. The van der Waals surface area contributed by atoms with Crippen molar-refractivity contribution in [3.8, 4) is 0 Å². The lowest BCUT2D eigenvalue weighted by Crippen LogP contribution is -2.55. The van der Waals surface area contributed by atoms with Crippen LogP contribution in [-0.2, 0) is 0 Å². The van der Waals surface area contributed by atoms with E-state index in [-0.39, 0.29) is 6.61 Å². The second-order valence-corrected chi connectivity index (χ2v) is 9.38. The van der Waals surface area contributed by atoms with Gasteiger partial charge in [-0.1, -0.05) is 38.0 Å². The topological polar surface area (TPSA) is 60.7 Å². The average Bonchev–Trinajstić information content (AvgIpc) is 2.85. The van der Waals surface area contributed by atoms with Crippen LogP contribution >= 0.6 is 0 Å². The quantitative estimate of drug-likeness (QED) is 0.659. The summed E-state index contributed by atoms with van der Waals surface area (Å²) >= 11 is 0. The molecule has 0 saturated heterocycles. The first-order valence-electron chi connectivity index (χ1n) is 10.1. The second-order valence-electron chi connectivity index (χ2n) is 9.38. The van der Waals surface area contributed by atoms with Crippen molar-refractivity contribution in [3.05, 3.63) is 24.3 Å². The Bertz CT molecular complexity index is 541. The number of rotatable bonds is 5. The molecular formula is C22H36O3. The lowest BCUT2D eigenvalue weighted by Gasteiger charge is -2.50. The highest BCUT2D eigenvalue weighted by Gasteiger charge is 2.61. The van der Waals surface area contributed by atoms with Crippen molar-refractivity contribution >= 4 is 0 Å². The van der Waals surface area contributed by atoms with Crippen LogP contribution in [0.2, 0.25) is 0 Å². The summed E-state index contributed by atoms with van der Waals surface area (Å²) < 4.78 is 0. The summed E-state index contributed by atoms with van der Waals surface area (Å²) in [4.78, 5) is 0. The standard InChI is InChI=1S/C22H36O3/c1-4-11-21(3)18(10-13-22(21,25)19(24)15-23)16-8-9-17-7-5-6-12-20(17,2)14-16/h4,9,16,18-19,23-25H,1,5-8,10-15H2,2-3H3/t16?,18?,19-,20-,21+,22+/m1/s1. The molecule has 2 fully saturated rings. The Labute approximate surface area is 152 Å². The third-order valence-corrected chi connectivity index (χ3v) is 8.09. The molecule has 0 aromatic heterocycles. The lowest BCUT2D eigenvalue weighted by atomic mass is 9.56. The van der Waals surface area contributed by atoms with Crippen molar-refractivity contribution in [2.75, 3.05) is 6.61 Å². The fourth-order valence-corrected chi connectivity index (χ4v) is 6.52. The summed E-state index contributed by atoms with van der Waals surface area (Å²) in [6.07, 6.45) is 12.9. The van der Waals surface area contributed by atoms with Crippen LogP contribution in [0.5, 0.6) is 0 Å². The lowest BCUT2D eigenvalue weighted by molar-refractivity contribution is -0.162. The number of aliphatic hydroxyl groups excluding tert-OH is 2. The maximum absolute atomic E-state index is 11.3. The fraction of sp³-hybridized carbons (Fsp3) is 0.818. The van der Waals surface area contributed by atoms with Crippen molar-refractivity contribution in [2.24, 2.45) is 22.7 Å². The Morgan fingerprint density at radius 2 is 2.08 bits per heavy atom. The van der Waals surface area contributed by atoms with E-state index >= 15 is 0 Å². The maximum Gasteiger partial charge on any atom is 0.106 e. The van der Waals surface area contributed by atoms with Crippen LogP contribution in [0.1, 0.15) is 71.6 Å². The summed E-state index contributed by atoms with van der Waals surface area (Å²) in [5.41, 5.74) is 0.326. The summed E-state index contributed by atoms with van der Waals surface area (Å²) in [6.45, 7) is 8.06. The molecule has 0 aromatic carbocycles. The molecule has 0 amide bonds. The average molecular weight is 349 g/mol. The van der Waals surface area contributed by atoms with Gasteiger partial charge in [0.05, 0.1) is 12.2 Å². The molecule has 2 saturated carbocycles. The molecule has 3 aliphatic carbocycles. The molecule has 0 radical (unpaired) electrons. The van der Waals surface area contributed by atoms with E-state index in [9.17, 15) is 15.3 Å². The molecule has 0 aliphatic heterocycles. The summed E-state index contributed by atoms with van der Waals surface area (Å²) in [7, 11) is 0. The van der Waals surface area contributed by atoms with E-state index in [1.807, 2.05) is 6.08 Å². The number of aliphatic hydroxyl groups is 3. The molecule has 0 heterocycles. The predicted octanol–water partition coefficient (Wildman–Crippen LogP) is 3.98. The molecule has 3 nitrogen and oxygen atoms in total. The van der Waals surface area contributed by atoms with Crippen LogP contribution in [0, 0.1) is 22.7 Å². The van der Waals surface area contributed by atoms with Gasteiger partial charge in [-0.3, -0.25) is 0 Å². The van der Waals surface area contributed by atoms with E-state index in [4.69, 9.17) is 0 Å². The smallest absolute Gasteiger partial charge is 0.106 e. The molecule has 3 rings (SSSR count). The van der Waals surface area contributed by atoms with Gasteiger partial charge >= 0.3 is 0 Å². The minimum atomic E-state index is -1.22. The Kier molecular flexibility index (Phi) is 5.22. The molecule has 0 bridgehead atoms. The van der Waals surface area contributed by atoms with Gasteiger partial charge < -0.3 is 15.3 Å². The molecule has 25 heavy (non-hydrogen) atoms. The van der Waals surface area contributed by atoms with E-state index in [2.05, 4.69) is 26.5 Å². The SMILES string of the molecule is C=CC[C@@]1(C)C(C2CC=C3CCCC[C@]3(C)C2)CC[C@]1(O)[C@H](O)CO. The van der Waals surface area contributed by atoms with Gasteiger partial charge in [0.1, 0.15) is 6.10 Å². The van der Waals surface area contributed by atoms with Gasteiger partial charge in [-0.05, 0) is 68.6 Å². The number of hydrogen-bond acceptors (Lipinski definition) is 3. The van der Waals surface area contributed by atoms with Gasteiger partial charge in [0.15, 0.2) is 0 Å². The van der Waals surface area contributed by atoms with Crippen LogP contribution in [0.3, 0.4) is 0 Å². The van der Waals surface area contributed by atoms with E-state index in [0.717, 1.165) is 12.8 Å². The van der Waals surface area contributed by atoms with E-state index in [1.54, 1.807) is 5.57 Å². The van der Waals surface area contributed by atoms with E-state index in [1.165, 1.54) is 32.1 Å². The fourth-order valence-electron chi connectivity index (χ4n) is 6.52. The van der Waals surface area contributed by atoms with Crippen molar-refractivity contribution in [2.45, 2.75) is 83.3 Å². The molecular weight excluding hydrogens is 312 g/mol. The summed E-state index contributed by atoms with van der Waals surface area (Å²) in [5.74, 6) is 0.893. The minimum absolute atomic E-state index is 0.326. The maximum atomic E-state index is 11.3. The molecule has 3 heteroatoms. The third-order valence-electron chi connectivity index (χ3n) is 8.09. The van der Waals surface area contributed by atoms with Crippen molar-refractivity contribution in [1.29, 1.82) is 0 Å². The van der Waals surface area contributed by atoms with Crippen LogP contribution < -0.4 is 0 Å². The first-order valence-corrected chi connectivity index (χ1v) is 10.1.